The van der Waals surface area contributed by atoms with Crippen molar-refractivity contribution in [3.63, 3.8) is 0 Å². The predicted octanol–water partition coefficient (Wildman–Crippen LogP) is 2.23. The standard InChI is InChI=1S/C12H17N3/c1-12(2,13)7-6-9-4-3-5-10-8-14-15-11(9)10/h3-5,8H,6-7,13H2,1-2H3,(H,14,15). The molecule has 0 fully saturated rings. The molecule has 0 aliphatic heterocycles. The van der Waals surface area contributed by atoms with Crippen molar-refractivity contribution in [2.45, 2.75) is 32.2 Å². The number of aromatic nitrogens is 2. The molecule has 3 heteroatoms. The molecule has 3 nitrogen and oxygen atoms in total. The lowest BCUT2D eigenvalue weighted by Gasteiger charge is -2.18. The summed E-state index contributed by atoms with van der Waals surface area (Å²) in [4.78, 5) is 0. The van der Waals surface area contributed by atoms with Crippen LogP contribution < -0.4 is 5.73 Å². The first kappa shape index (κ1) is 10.2. The molecule has 1 heterocycles. The summed E-state index contributed by atoms with van der Waals surface area (Å²) in [5, 5.41) is 8.25. The molecule has 2 aromatic rings. The van der Waals surface area contributed by atoms with Gasteiger partial charge in [0.25, 0.3) is 0 Å². The fourth-order valence-corrected chi connectivity index (χ4v) is 1.70. The van der Waals surface area contributed by atoms with E-state index in [-0.39, 0.29) is 5.54 Å². The van der Waals surface area contributed by atoms with Crippen LogP contribution in [0.1, 0.15) is 25.8 Å². The molecule has 0 atom stereocenters. The monoisotopic (exact) mass is 203 g/mol. The van der Waals surface area contributed by atoms with Crippen LogP contribution in [0.5, 0.6) is 0 Å². The minimum atomic E-state index is -0.109. The van der Waals surface area contributed by atoms with Gasteiger partial charge in [0.2, 0.25) is 0 Å². The average Bonchev–Trinajstić information content (AvgIpc) is 2.61. The van der Waals surface area contributed by atoms with Gasteiger partial charge in [0.1, 0.15) is 0 Å². The lowest BCUT2D eigenvalue weighted by Crippen LogP contribution is -2.32. The summed E-state index contributed by atoms with van der Waals surface area (Å²) in [5.41, 5.74) is 8.30. The zero-order valence-corrected chi connectivity index (χ0v) is 9.25. The van der Waals surface area contributed by atoms with Gasteiger partial charge < -0.3 is 5.73 Å². The van der Waals surface area contributed by atoms with E-state index in [9.17, 15) is 0 Å². The van der Waals surface area contributed by atoms with Crippen LogP contribution in [0, 0.1) is 0 Å². The fourth-order valence-electron chi connectivity index (χ4n) is 1.70. The number of hydrogen-bond donors (Lipinski definition) is 2. The Morgan fingerprint density at radius 2 is 2.20 bits per heavy atom. The lowest BCUT2D eigenvalue weighted by atomic mass is 9.96. The molecule has 0 spiro atoms. The molecule has 2 rings (SSSR count). The normalized spacial score (nSPS) is 12.2. The van der Waals surface area contributed by atoms with Crippen molar-refractivity contribution in [1.82, 2.24) is 10.2 Å². The minimum Gasteiger partial charge on any atom is -0.326 e. The number of nitrogens with zero attached hydrogens (tertiary/aromatic N) is 1. The van der Waals surface area contributed by atoms with Gasteiger partial charge >= 0.3 is 0 Å². The van der Waals surface area contributed by atoms with E-state index in [1.165, 1.54) is 10.9 Å². The molecule has 0 saturated carbocycles. The van der Waals surface area contributed by atoms with Crippen LogP contribution in [0.15, 0.2) is 24.4 Å². The fraction of sp³-hybridized carbons (Fsp3) is 0.417. The summed E-state index contributed by atoms with van der Waals surface area (Å²) in [6.07, 6.45) is 3.82. The van der Waals surface area contributed by atoms with Crippen LogP contribution >= 0.6 is 0 Å². The van der Waals surface area contributed by atoms with Gasteiger partial charge in [0.15, 0.2) is 0 Å². The Hall–Kier alpha value is -1.35. The third-order valence-electron chi connectivity index (χ3n) is 2.60. The van der Waals surface area contributed by atoms with Gasteiger partial charge in [-0.1, -0.05) is 18.2 Å². The van der Waals surface area contributed by atoms with Crippen LogP contribution in [-0.2, 0) is 6.42 Å². The molecule has 15 heavy (non-hydrogen) atoms. The van der Waals surface area contributed by atoms with Gasteiger partial charge in [-0.25, -0.2) is 0 Å². The van der Waals surface area contributed by atoms with Crippen molar-refractivity contribution in [3.8, 4) is 0 Å². The number of fused-ring (bicyclic) bond motifs is 1. The SMILES string of the molecule is CC(C)(N)CCc1cccc2cn[nH]c12. The van der Waals surface area contributed by atoms with Crippen molar-refractivity contribution < 1.29 is 0 Å². The molecule has 0 saturated heterocycles. The van der Waals surface area contributed by atoms with E-state index in [1.807, 2.05) is 6.20 Å². The van der Waals surface area contributed by atoms with Gasteiger partial charge in [0.05, 0.1) is 11.7 Å². The van der Waals surface area contributed by atoms with Crippen LogP contribution in [0.25, 0.3) is 10.9 Å². The number of hydrogen-bond acceptors (Lipinski definition) is 2. The molecular formula is C12H17N3. The topological polar surface area (TPSA) is 54.7 Å². The van der Waals surface area contributed by atoms with Gasteiger partial charge in [-0.2, -0.15) is 5.10 Å². The second kappa shape index (κ2) is 3.66. The highest BCUT2D eigenvalue weighted by Crippen LogP contribution is 2.19. The van der Waals surface area contributed by atoms with E-state index in [4.69, 9.17) is 5.73 Å². The van der Waals surface area contributed by atoms with E-state index in [1.54, 1.807) is 0 Å². The van der Waals surface area contributed by atoms with E-state index >= 15 is 0 Å². The number of rotatable bonds is 3. The quantitative estimate of drug-likeness (QED) is 0.803. The van der Waals surface area contributed by atoms with E-state index in [0.29, 0.717) is 0 Å². The molecule has 0 bridgehead atoms. The number of aromatic amines is 1. The van der Waals surface area contributed by atoms with Crippen molar-refractivity contribution in [3.05, 3.63) is 30.0 Å². The predicted molar refractivity (Wildman–Crippen MR) is 62.7 cm³/mol. The summed E-state index contributed by atoms with van der Waals surface area (Å²) < 4.78 is 0. The first-order chi connectivity index (χ1) is 7.06. The molecule has 1 aromatic heterocycles. The highest BCUT2D eigenvalue weighted by molar-refractivity contribution is 5.81. The summed E-state index contributed by atoms with van der Waals surface area (Å²) in [6, 6.07) is 6.26. The number of nitrogens with one attached hydrogen (secondary N) is 1. The Kier molecular flexibility index (Phi) is 2.49. The minimum absolute atomic E-state index is 0.109. The molecular weight excluding hydrogens is 186 g/mol. The van der Waals surface area contributed by atoms with Crippen LogP contribution in [-0.4, -0.2) is 15.7 Å². The van der Waals surface area contributed by atoms with E-state index in [0.717, 1.165) is 18.4 Å². The van der Waals surface area contributed by atoms with Gasteiger partial charge in [-0.05, 0) is 32.3 Å². The van der Waals surface area contributed by atoms with Crippen molar-refractivity contribution in [2.24, 2.45) is 5.73 Å². The first-order valence-corrected chi connectivity index (χ1v) is 5.26. The summed E-state index contributed by atoms with van der Waals surface area (Å²) in [5.74, 6) is 0. The number of nitrogens with two attached hydrogens (primary N) is 1. The number of para-hydroxylation sites is 1. The van der Waals surface area contributed by atoms with Gasteiger partial charge in [-0.15, -0.1) is 0 Å². The highest BCUT2D eigenvalue weighted by Gasteiger charge is 2.11. The van der Waals surface area contributed by atoms with Crippen molar-refractivity contribution >= 4 is 10.9 Å². The molecule has 0 amide bonds. The largest absolute Gasteiger partial charge is 0.326 e. The molecule has 3 N–H and O–H groups in total. The summed E-state index contributed by atoms with van der Waals surface area (Å²) in [6.45, 7) is 4.11. The van der Waals surface area contributed by atoms with Crippen molar-refractivity contribution in [2.75, 3.05) is 0 Å². The highest BCUT2D eigenvalue weighted by atomic mass is 15.1. The van der Waals surface area contributed by atoms with E-state index < -0.39 is 0 Å². The van der Waals surface area contributed by atoms with E-state index in [2.05, 4.69) is 42.2 Å². The van der Waals surface area contributed by atoms with Crippen molar-refractivity contribution in [1.29, 1.82) is 0 Å². The Labute approximate surface area is 89.7 Å². The molecule has 0 aliphatic rings. The Balaban J connectivity index is 2.24. The van der Waals surface area contributed by atoms with Crippen LogP contribution in [0.4, 0.5) is 0 Å². The van der Waals surface area contributed by atoms with Crippen LogP contribution in [0.2, 0.25) is 0 Å². The zero-order chi connectivity index (χ0) is 10.9. The van der Waals surface area contributed by atoms with Crippen LogP contribution in [0.3, 0.4) is 0 Å². The summed E-state index contributed by atoms with van der Waals surface area (Å²) in [7, 11) is 0. The first-order valence-electron chi connectivity index (χ1n) is 5.26. The van der Waals surface area contributed by atoms with Gasteiger partial charge in [-0.3, -0.25) is 5.10 Å². The number of aryl methyl sites for hydroxylation is 1. The second-order valence-corrected chi connectivity index (χ2v) is 4.74. The maximum atomic E-state index is 5.98. The Bertz CT molecular complexity index is 451. The molecule has 0 aliphatic carbocycles. The Morgan fingerprint density at radius 1 is 1.40 bits per heavy atom. The van der Waals surface area contributed by atoms with Gasteiger partial charge in [0, 0.05) is 10.9 Å². The summed E-state index contributed by atoms with van der Waals surface area (Å²) >= 11 is 0. The lowest BCUT2D eigenvalue weighted by molar-refractivity contribution is 0.477. The smallest absolute Gasteiger partial charge is 0.0682 e. The third kappa shape index (κ3) is 2.36. The third-order valence-corrected chi connectivity index (χ3v) is 2.60. The molecule has 0 radical (unpaired) electrons. The maximum absolute atomic E-state index is 5.98. The average molecular weight is 203 g/mol. The maximum Gasteiger partial charge on any atom is 0.0682 e. The Morgan fingerprint density at radius 3 is 2.93 bits per heavy atom. The molecule has 1 aromatic carbocycles. The number of H-pyrrole nitrogens is 1. The second-order valence-electron chi connectivity index (χ2n) is 4.74. The number of benzene rings is 1. The molecule has 80 valence electrons. The molecule has 0 unspecified atom stereocenters. The zero-order valence-electron chi connectivity index (χ0n) is 9.25.